The highest BCUT2D eigenvalue weighted by Crippen LogP contribution is 2.39. The van der Waals surface area contributed by atoms with Gasteiger partial charge in [0.2, 0.25) is 5.76 Å². The number of carbonyl (C=O) groups is 2. The van der Waals surface area contributed by atoms with Gasteiger partial charge in [0.15, 0.2) is 0 Å². The van der Waals surface area contributed by atoms with E-state index in [0.717, 1.165) is 25.0 Å². The van der Waals surface area contributed by atoms with Gasteiger partial charge in [-0.1, -0.05) is 5.16 Å². The van der Waals surface area contributed by atoms with Crippen molar-refractivity contribution >= 4 is 11.9 Å². The Bertz CT molecular complexity index is 514. The molecule has 0 spiro atoms. The van der Waals surface area contributed by atoms with E-state index in [1.807, 2.05) is 0 Å². The van der Waals surface area contributed by atoms with Crippen molar-refractivity contribution in [2.75, 3.05) is 0 Å². The average molecular weight is 264 g/mol. The first-order valence-electron chi connectivity index (χ1n) is 6.59. The SMILES string of the molecule is O=C(O)CC1(NC(=O)c2cc(C3CC3)no2)CCC1. The number of nitrogens with zero attached hydrogens (tertiary/aromatic N) is 1. The van der Waals surface area contributed by atoms with Crippen LogP contribution < -0.4 is 5.32 Å². The lowest BCUT2D eigenvalue weighted by atomic mass is 9.74. The van der Waals surface area contributed by atoms with Gasteiger partial charge >= 0.3 is 5.97 Å². The number of aromatic nitrogens is 1. The fourth-order valence-electron chi connectivity index (χ4n) is 2.51. The van der Waals surface area contributed by atoms with Gasteiger partial charge in [0.05, 0.1) is 17.7 Å². The summed E-state index contributed by atoms with van der Waals surface area (Å²) in [6.07, 6.45) is 4.50. The molecular formula is C13H16N2O4. The Morgan fingerprint density at radius 2 is 2.21 bits per heavy atom. The van der Waals surface area contributed by atoms with Crippen molar-refractivity contribution in [2.24, 2.45) is 0 Å². The van der Waals surface area contributed by atoms with Gasteiger partial charge in [0.1, 0.15) is 0 Å². The van der Waals surface area contributed by atoms with Crippen LogP contribution in [0.2, 0.25) is 0 Å². The van der Waals surface area contributed by atoms with Gasteiger partial charge < -0.3 is 14.9 Å². The molecule has 0 atom stereocenters. The van der Waals surface area contributed by atoms with Crippen molar-refractivity contribution in [2.45, 2.75) is 50.0 Å². The molecular weight excluding hydrogens is 248 g/mol. The maximum absolute atomic E-state index is 12.1. The number of hydrogen-bond acceptors (Lipinski definition) is 4. The molecule has 2 N–H and O–H groups in total. The van der Waals surface area contributed by atoms with E-state index in [4.69, 9.17) is 9.63 Å². The summed E-state index contributed by atoms with van der Waals surface area (Å²) >= 11 is 0. The van der Waals surface area contributed by atoms with Crippen LogP contribution in [0.25, 0.3) is 0 Å². The van der Waals surface area contributed by atoms with Crippen LogP contribution in [-0.4, -0.2) is 27.7 Å². The second-order valence-corrected chi connectivity index (χ2v) is 5.55. The fraction of sp³-hybridized carbons (Fsp3) is 0.615. The van der Waals surface area contributed by atoms with E-state index in [1.54, 1.807) is 6.07 Å². The minimum Gasteiger partial charge on any atom is -0.481 e. The normalized spacial score (nSPS) is 20.6. The maximum Gasteiger partial charge on any atom is 0.305 e. The molecule has 0 aromatic carbocycles. The van der Waals surface area contributed by atoms with E-state index < -0.39 is 11.5 Å². The number of nitrogens with one attached hydrogen (secondary N) is 1. The highest BCUT2D eigenvalue weighted by atomic mass is 16.5. The quantitative estimate of drug-likeness (QED) is 0.844. The van der Waals surface area contributed by atoms with E-state index in [0.29, 0.717) is 18.8 Å². The van der Waals surface area contributed by atoms with E-state index >= 15 is 0 Å². The van der Waals surface area contributed by atoms with Crippen molar-refractivity contribution in [1.82, 2.24) is 10.5 Å². The fourth-order valence-corrected chi connectivity index (χ4v) is 2.51. The van der Waals surface area contributed by atoms with Gasteiger partial charge in [0.25, 0.3) is 5.91 Å². The first kappa shape index (κ1) is 12.2. The summed E-state index contributed by atoms with van der Waals surface area (Å²) < 4.78 is 5.04. The van der Waals surface area contributed by atoms with Gasteiger partial charge in [-0.2, -0.15) is 0 Å². The summed E-state index contributed by atoms with van der Waals surface area (Å²) in [6.45, 7) is 0. The lowest BCUT2D eigenvalue weighted by molar-refractivity contribution is -0.139. The zero-order chi connectivity index (χ0) is 13.5. The number of hydrogen-bond donors (Lipinski definition) is 2. The summed E-state index contributed by atoms with van der Waals surface area (Å²) in [5.74, 6) is -0.642. The number of carbonyl (C=O) groups excluding carboxylic acids is 1. The number of carboxylic acids is 1. The zero-order valence-electron chi connectivity index (χ0n) is 10.5. The summed E-state index contributed by atoms with van der Waals surface area (Å²) in [6, 6.07) is 1.67. The molecule has 6 heteroatoms. The summed E-state index contributed by atoms with van der Waals surface area (Å²) in [5.41, 5.74) is 0.223. The topological polar surface area (TPSA) is 92.4 Å². The minimum absolute atomic E-state index is 0.0393. The number of aliphatic carboxylic acids is 1. The highest BCUT2D eigenvalue weighted by molar-refractivity contribution is 5.92. The average Bonchev–Trinajstić information content (AvgIpc) is 3.03. The Kier molecular flexibility index (Phi) is 2.80. The lowest BCUT2D eigenvalue weighted by Crippen LogP contribution is -2.54. The van der Waals surface area contributed by atoms with Crippen LogP contribution in [-0.2, 0) is 4.79 Å². The van der Waals surface area contributed by atoms with Gasteiger partial charge in [0, 0.05) is 12.0 Å². The van der Waals surface area contributed by atoms with Gasteiger partial charge in [-0.05, 0) is 32.1 Å². The standard InChI is InChI=1S/C13H16N2O4/c16-11(17)7-13(4-1-5-13)14-12(18)10-6-9(15-19-10)8-2-3-8/h6,8H,1-5,7H2,(H,14,18)(H,16,17). The molecule has 1 heterocycles. The molecule has 0 unspecified atom stereocenters. The second kappa shape index (κ2) is 4.36. The third kappa shape index (κ3) is 2.47. The molecule has 1 aromatic rings. The Labute approximate surface area is 110 Å². The van der Waals surface area contributed by atoms with E-state index in [2.05, 4.69) is 10.5 Å². The first-order valence-corrected chi connectivity index (χ1v) is 6.59. The van der Waals surface area contributed by atoms with Crippen molar-refractivity contribution in [3.8, 4) is 0 Å². The molecule has 102 valence electrons. The Morgan fingerprint density at radius 3 is 2.74 bits per heavy atom. The van der Waals surface area contributed by atoms with E-state index in [-0.39, 0.29) is 18.1 Å². The van der Waals surface area contributed by atoms with Gasteiger partial charge in [-0.3, -0.25) is 9.59 Å². The van der Waals surface area contributed by atoms with Crippen molar-refractivity contribution < 1.29 is 19.2 Å². The lowest BCUT2D eigenvalue weighted by Gasteiger charge is -2.41. The van der Waals surface area contributed by atoms with Crippen LogP contribution in [0.15, 0.2) is 10.6 Å². The Morgan fingerprint density at radius 1 is 1.47 bits per heavy atom. The van der Waals surface area contributed by atoms with Crippen LogP contribution >= 0.6 is 0 Å². The molecule has 1 amide bonds. The van der Waals surface area contributed by atoms with Crippen LogP contribution in [0.5, 0.6) is 0 Å². The van der Waals surface area contributed by atoms with Crippen molar-refractivity contribution in [3.05, 3.63) is 17.5 Å². The van der Waals surface area contributed by atoms with Gasteiger partial charge in [-0.15, -0.1) is 0 Å². The summed E-state index contributed by atoms with van der Waals surface area (Å²) in [4.78, 5) is 22.9. The first-order chi connectivity index (χ1) is 9.08. The molecule has 0 aliphatic heterocycles. The van der Waals surface area contributed by atoms with Crippen molar-refractivity contribution in [3.63, 3.8) is 0 Å². The molecule has 1 aromatic heterocycles. The molecule has 6 nitrogen and oxygen atoms in total. The molecule has 2 fully saturated rings. The van der Waals surface area contributed by atoms with Crippen LogP contribution in [0.4, 0.5) is 0 Å². The van der Waals surface area contributed by atoms with E-state index in [9.17, 15) is 9.59 Å². The number of carboxylic acid groups (broad SMARTS) is 1. The van der Waals surface area contributed by atoms with Crippen LogP contribution in [0.3, 0.4) is 0 Å². The number of amides is 1. The third-order valence-electron chi connectivity index (χ3n) is 3.93. The zero-order valence-corrected chi connectivity index (χ0v) is 10.5. The Hall–Kier alpha value is -1.85. The monoisotopic (exact) mass is 264 g/mol. The summed E-state index contributed by atoms with van der Waals surface area (Å²) in [7, 11) is 0. The van der Waals surface area contributed by atoms with Crippen LogP contribution in [0, 0.1) is 0 Å². The molecule has 2 aliphatic rings. The minimum atomic E-state index is -0.892. The number of rotatable bonds is 5. The summed E-state index contributed by atoms with van der Waals surface area (Å²) in [5, 5.41) is 15.6. The van der Waals surface area contributed by atoms with Crippen molar-refractivity contribution in [1.29, 1.82) is 0 Å². The molecule has 0 bridgehead atoms. The molecule has 0 radical (unpaired) electrons. The molecule has 3 rings (SSSR count). The smallest absolute Gasteiger partial charge is 0.305 e. The second-order valence-electron chi connectivity index (χ2n) is 5.55. The maximum atomic E-state index is 12.1. The molecule has 0 saturated heterocycles. The third-order valence-corrected chi connectivity index (χ3v) is 3.93. The van der Waals surface area contributed by atoms with E-state index in [1.165, 1.54) is 0 Å². The predicted molar refractivity (Wildman–Crippen MR) is 64.8 cm³/mol. The molecule has 19 heavy (non-hydrogen) atoms. The van der Waals surface area contributed by atoms with Crippen LogP contribution in [0.1, 0.15) is 60.7 Å². The molecule has 2 aliphatic carbocycles. The predicted octanol–water partition coefficient (Wildman–Crippen LogP) is 1.68. The van der Waals surface area contributed by atoms with Gasteiger partial charge in [-0.25, -0.2) is 0 Å². The largest absolute Gasteiger partial charge is 0.481 e. The highest BCUT2D eigenvalue weighted by Gasteiger charge is 2.41. The molecule has 2 saturated carbocycles. The Balaban J connectivity index is 1.67.